The minimum absolute atomic E-state index is 0.0114. The summed E-state index contributed by atoms with van der Waals surface area (Å²) in [7, 11) is 0. The van der Waals surface area contributed by atoms with Crippen LogP contribution in [0.2, 0.25) is 0 Å². The van der Waals surface area contributed by atoms with E-state index in [0.29, 0.717) is 17.5 Å². The molecule has 1 aliphatic carbocycles. The van der Waals surface area contributed by atoms with E-state index in [1.165, 1.54) is 0 Å². The van der Waals surface area contributed by atoms with E-state index < -0.39 is 0 Å². The Morgan fingerprint density at radius 3 is 2.00 bits per heavy atom. The summed E-state index contributed by atoms with van der Waals surface area (Å²) in [4.78, 5) is 25.2. The molecule has 0 amide bonds. The van der Waals surface area contributed by atoms with Crippen LogP contribution in [0.4, 0.5) is 0 Å². The third-order valence-electron chi connectivity index (χ3n) is 4.29. The third kappa shape index (κ3) is 3.93. The average Bonchev–Trinajstić information content (AvgIpc) is 3.03. The molecule has 0 fully saturated rings. The fourth-order valence-electron chi connectivity index (χ4n) is 3.00. The van der Waals surface area contributed by atoms with E-state index in [0.717, 1.165) is 27.4 Å². The molecule has 2 aromatic carbocycles. The van der Waals surface area contributed by atoms with E-state index in [9.17, 15) is 9.59 Å². The smallest absolute Gasteiger partial charge is 0.188 e. The lowest BCUT2D eigenvalue weighted by Gasteiger charge is -2.14. The van der Waals surface area contributed by atoms with Crippen LogP contribution < -0.4 is 0 Å². The first-order valence-corrected chi connectivity index (χ1v) is 9.42. The average molecular weight is 448 g/mol. The van der Waals surface area contributed by atoms with Gasteiger partial charge in [0.25, 0.3) is 0 Å². The van der Waals surface area contributed by atoms with Crippen LogP contribution in [0.3, 0.4) is 0 Å². The van der Waals surface area contributed by atoms with Gasteiger partial charge in [0.15, 0.2) is 11.6 Å². The molecule has 0 N–H and O–H groups in total. The van der Waals surface area contributed by atoms with Gasteiger partial charge in [-0.05, 0) is 60.7 Å². The summed E-state index contributed by atoms with van der Waals surface area (Å²) < 4.78 is 1.90. The van der Waals surface area contributed by atoms with Crippen LogP contribution in [0, 0.1) is 5.92 Å². The van der Waals surface area contributed by atoms with Gasteiger partial charge in [0.2, 0.25) is 0 Å². The zero-order chi connectivity index (χ0) is 17.1. The molecule has 0 bridgehead atoms. The zero-order valence-corrected chi connectivity index (χ0v) is 16.1. The number of benzene rings is 2. The Balaban J connectivity index is 1.73. The second-order valence-corrected chi connectivity index (χ2v) is 7.74. The molecule has 0 aromatic heterocycles. The van der Waals surface area contributed by atoms with Crippen molar-refractivity contribution in [1.82, 2.24) is 0 Å². The molecule has 0 aliphatic heterocycles. The first kappa shape index (κ1) is 17.3. The van der Waals surface area contributed by atoms with Crippen molar-refractivity contribution in [3.63, 3.8) is 0 Å². The molecule has 2 nitrogen and oxygen atoms in total. The highest BCUT2D eigenvalue weighted by Gasteiger charge is 2.27. The van der Waals surface area contributed by atoms with E-state index >= 15 is 0 Å². The van der Waals surface area contributed by atoms with Gasteiger partial charge in [-0.3, -0.25) is 9.59 Å². The molecule has 3 rings (SSSR count). The highest BCUT2D eigenvalue weighted by molar-refractivity contribution is 9.10. The summed E-state index contributed by atoms with van der Waals surface area (Å²) >= 11 is 6.75. The van der Waals surface area contributed by atoms with Crippen molar-refractivity contribution in [3.8, 4) is 0 Å². The molecular formula is C20H16Br2O2. The minimum atomic E-state index is 0.0114. The third-order valence-corrected chi connectivity index (χ3v) is 5.34. The maximum absolute atomic E-state index is 12.7. The lowest BCUT2D eigenvalue weighted by molar-refractivity contribution is 0.0960. The topological polar surface area (TPSA) is 34.1 Å². The van der Waals surface area contributed by atoms with Gasteiger partial charge in [-0.25, -0.2) is 0 Å². The fraction of sp³-hybridized carbons (Fsp3) is 0.200. The van der Waals surface area contributed by atoms with Crippen molar-refractivity contribution >= 4 is 43.4 Å². The molecule has 4 heteroatoms. The SMILES string of the molecule is O=C(C[C@H]1CCC=C1C(=O)c1ccc(Br)cc1)c1ccc(Br)cc1. The Hall–Kier alpha value is -1.52. The number of Topliss-reactive ketones (excluding diaryl/α,β-unsaturated/α-hetero) is 2. The molecule has 0 spiro atoms. The lowest BCUT2D eigenvalue weighted by atomic mass is 9.88. The fourth-order valence-corrected chi connectivity index (χ4v) is 3.53. The number of allylic oxidation sites excluding steroid dienone is 2. The van der Waals surface area contributed by atoms with Gasteiger partial charge in [0, 0.05) is 26.5 Å². The van der Waals surface area contributed by atoms with Crippen LogP contribution in [-0.4, -0.2) is 11.6 Å². The number of halogens is 2. The van der Waals surface area contributed by atoms with Crippen LogP contribution in [0.25, 0.3) is 0 Å². The van der Waals surface area contributed by atoms with Gasteiger partial charge in [0.1, 0.15) is 0 Å². The van der Waals surface area contributed by atoms with Gasteiger partial charge in [-0.1, -0.05) is 50.1 Å². The first-order valence-electron chi connectivity index (χ1n) is 7.83. The van der Waals surface area contributed by atoms with Crippen molar-refractivity contribution in [3.05, 3.63) is 80.3 Å². The van der Waals surface area contributed by atoms with E-state index in [2.05, 4.69) is 31.9 Å². The second-order valence-electron chi connectivity index (χ2n) is 5.90. The molecule has 0 heterocycles. The highest BCUT2D eigenvalue weighted by atomic mass is 79.9. The quantitative estimate of drug-likeness (QED) is 0.526. The Kier molecular flexibility index (Phi) is 5.47. The standard InChI is InChI=1S/C20H16Br2O2/c21-16-8-4-13(5-9-16)19(23)12-15-2-1-3-18(15)20(24)14-6-10-17(22)11-7-14/h3-11,15H,1-2,12H2/t15-/m1/s1. The molecule has 0 radical (unpaired) electrons. The van der Waals surface area contributed by atoms with E-state index in [-0.39, 0.29) is 17.5 Å². The predicted octanol–water partition coefficient (Wildman–Crippen LogP) is 6.00. The van der Waals surface area contributed by atoms with Crippen molar-refractivity contribution in [2.24, 2.45) is 5.92 Å². The first-order chi connectivity index (χ1) is 11.5. The molecule has 0 saturated carbocycles. The van der Waals surface area contributed by atoms with Crippen molar-refractivity contribution in [2.45, 2.75) is 19.3 Å². The molecule has 24 heavy (non-hydrogen) atoms. The summed E-state index contributed by atoms with van der Waals surface area (Å²) in [5, 5.41) is 0. The molecule has 122 valence electrons. The zero-order valence-electron chi connectivity index (χ0n) is 13.0. The Labute approximate surface area is 158 Å². The van der Waals surface area contributed by atoms with Crippen LogP contribution in [-0.2, 0) is 0 Å². The molecule has 0 unspecified atom stereocenters. The van der Waals surface area contributed by atoms with E-state index in [1.807, 2.05) is 54.6 Å². The summed E-state index contributed by atoms with van der Waals surface area (Å²) in [6.45, 7) is 0. The largest absolute Gasteiger partial charge is 0.294 e. The van der Waals surface area contributed by atoms with Crippen LogP contribution in [0.15, 0.2) is 69.1 Å². The molecule has 1 aliphatic rings. The monoisotopic (exact) mass is 446 g/mol. The van der Waals surface area contributed by atoms with Gasteiger partial charge in [-0.2, -0.15) is 0 Å². The number of hydrogen-bond donors (Lipinski definition) is 0. The maximum atomic E-state index is 12.7. The van der Waals surface area contributed by atoms with Crippen molar-refractivity contribution < 1.29 is 9.59 Å². The summed E-state index contributed by atoms with van der Waals surface area (Å²) in [5.41, 5.74) is 2.15. The number of hydrogen-bond acceptors (Lipinski definition) is 2. The van der Waals surface area contributed by atoms with Gasteiger partial charge >= 0.3 is 0 Å². The number of carbonyl (C=O) groups is 2. The van der Waals surface area contributed by atoms with Crippen LogP contribution in [0.5, 0.6) is 0 Å². The van der Waals surface area contributed by atoms with Crippen molar-refractivity contribution in [1.29, 1.82) is 0 Å². The Bertz CT molecular complexity index is 789. The summed E-state index contributed by atoms with van der Waals surface area (Å²) in [5.74, 6) is 0.134. The molecular weight excluding hydrogens is 432 g/mol. The maximum Gasteiger partial charge on any atom is 0.188 e. The second kappa shape index (κ2) is 7.58. The van der Waals surface area contributed by atoms with Gasteiger partial charge in [-0.15, -0.1) is 0 Å². The van der Waals surface area contributed by atoms with Crippen LogP contribution >= 0.6 is 31.9 Å². The van der Waals surface area contributed by atoms with Crippen molar-refractivity contribution in [2.75, 3.05) is 0 Å². The van der Waals surface area contributed by atoms with Crippen LogP contribution in [0.1, 0.15) is 40.0 Å². The predicted molar refractivity (Wildman–Crippen MR) is 102 cm³/mol. The minimum Gasteiger partial charge on any atom is -0.294 e. The molecule has 1 atom stereocenters. The summed E-state index contributed by atoms with van der Waals surface area (Å²) in [6.07, 6.45) is 4.09. The van der Waals surface area contributed by atoms with Gasteiger partial charge < -0.3 is 0 Å². The highest BCUT2D eigenvalue weighted by Crippen LogP contribution is 2.32. The number of rotatable bonds is 5. The van der Waals surface area contributed by atoms with E-state index in [1.54, 1.807) is 0 Å². The summed E-state index contributed by atoms with van der Waals surface area (Å²) in [6, 6.07) is 14.7. The Morgan fingerprint density at radius 2 is 1.42 bits per heavy atom. The number of ketones is 2. The van der Waals surface area contributed by atoms with Gasteiger partial charge in [0.05, 0.1) is 0 Å². The Morgan fingerprint density at radius 1 is 0.875 bits per heavy atom. The molecule has 2 aromatic rings. The normalized spacial score (nSPS) is 16.8. The molecule has 0 saturated heterocycles. The van der Waals surface area contributed by atoms with E-state index in [4.69, 9.17) is 0 Å². The lowest BCUT2D eigenvalue weighted by Crippen LogP contribution is -2.14. The number of carbonyl (C=O) groups excluding carboxylic acids is 2.